The molecule has 0 bridgehead atoms. The van der Waals surface area contributed by atoms with Crippen molar-refractivity contribution in [1.82, 2.24) is 10.2 Å². The van der Waals surface area contributed by atoms with Crippen molar-refractivity contribution < 1.29 is 23.9 Å². The molecule has 2 aromatic rings. The maximum atomic E-state index is 13.0. The number of carbonyl (C=O) groups excluding carboxylic acids is 4. The normalized spacial score (nSPS) is 17.1. The molecule has 1 fully saturated rings. The Morgan fingerprint density at radius 2 is 1.74 bits per heavy atom. The lowest BCUT2D eigenvalue weighted by Gasteiger charge is -2.28. The zero-order chi connectivity index (χ0) is 28.0. The number of rotatable bonds is 6. The van der Waals surface area contributed by atoms with Crippen molar-refractivity contribution in [2.45, 2.75) is 64.6 Å². The summed E-state index contributed by atoms with van der Waals surface area (Å²) in [6, 6.07) is 11.4. The number of nitrogens with one attached hydrogen (secondary N) is 3. The minimum atomic E-state index is -0.917. The van der Waals surface area contributed by atoms with Gasteiger partial charge in [0.1, 0.15) is 5.60 Å². The molecule has 1 aliphatic heterocycles. The molecule has 204 valence electrons. The van der Waals surface area contributed by atoms with E-state index in [4.69, 9.17) is 16.3 Å². The lowest BCUT2D eigenvalue weighted by molar-refractivity contribution is -0.136. The van der Waals surface area contributed by atoms with E-state index in [1.165, 1.54) is 12.1 Å². The molecule has 9 nitrogen and oxygen atoms in total. The molecule has 11 heteroatoms. The Hall–Kier alpha value is -3.11. The van der Waals surface area contributed by atoms with Crippen molar-refractivity contribution in [3.63, 3.8) is 0 Å². The maximum Gasteiger partial charge on any atom is 0.410 e. The summed E-state index contributed by atoms with van der Waals surface area (Å²) in [5.74, 6) is -1.95. The van der Waals surface area contributed by atoms with E-state index in [-0.39, 0.29) is 29.2 Å². The average molecular weight is 608 g/mol. The van der Waals surface area contributed by atoms with Gasteiger partial charge in [-0.3, -0.25) is 19.3 Å². The second kappa shape index (κ2) is 12.6. The molecule has 3 N–H and O–H groups in total. The van der Waals surface area contributed by atoms with Gasteiger partial charge in [0.25, 0.3) is 0 Å². The van der Waals surface area contributed by atoms with Gasteiger partial charge in [-0.1, -0.05) is 46.6 Å². The van der Waals surface area contributed by atoms with Crippen molar-refractivity contribution in [1.29, 1.82) is 0 Å². The summed E-state index contributed by atoms with van der Waals surface area (Å²) in [6.45, 7) is 7.43. The van der Waals surface area contributed by atoms with E-state index < -0.39 is 29.6 Å². The molecule has 2 aromatic carbocycles. The first kappa shape index (κ1) is 29.4. The van der Waals surface area contributed by atoms with Crippen molar-refractivity contribution in [3.8, 4) is 0 Å². The van der Waals surface area contributed by atoms with E-state index >= 15 is 0 Å². The van der Waals surface area contributed by atoms with E-state index in [1.54, 1.807) is 31.7 Å². The molecular formula is C27H32BrClN4O5. The highest BCUT2D eigenvalue weighted by Gasteiger charge is 2.39. The number of benzene rings is 2. The Labute approximate surface area is 235 Å². The molecule has 4 amide bonds. The van der Waals surface area contributed by atoms with E-state index in [1.807, 2.05) is 31.2 Å². The third kappa shape index (κ3) is 8.19. The Balaban J connectivity index is 1.69. The molecule has 2 atom stereocenters. The van der Waals surface area contributed by atoms with Gasteiger partial charge < -0.3 is 20.7 Å². The number of likely N-dealkylation sites (tertiary alicyclic amines) is 1. The first-order valence-electron chi connectivity index (χ1n) is 12.3. The Morgan fingerprint density at radius 3 is 2.37 bits per heavy atom. The Kier molecular flexibility index (Phi) is 9.78. The lowest BCUT2D eigenvalue weighted by atomic mass is 10.0. The number of hydrogen-bond acceptors (Lipinski definition) is 5. The molecule has 1 heterocycles. The number of ether oxygens (including phenoxy) is 1. The second-order valence-corrected chi connectivity index (χ2v) is 11.4. The Morgan fingerprint density at radius 1 is 1.05 bits per heavy atom. The van der Waals surface area contributed by atoms with Gasteiger partial charge in [0, 0.05) is 29.2 Å². The first-order valence-corrected chi connectivity index (χ1v) is 13.5. The van der Waals surface area contributed by atoms with Gasteiger partial charge in [0.05, 0.1) is 16.8 Å². The highest BCUT2D eigenvalue weighted by Crippen LogP contribution is 2.34. The second-order valence-electron chi connectivity index (χ2n) is 10.1. The third-order valence-corrected chi connectivity index (χ3v) is 6.56. The summed E-state index contributed by atoms with van der Waals surface area (Å²) in [5.41, 5.74) is 0.834. The number of halogens is 2. The van der Waals surface area contributed by atoms with Crippen LogP contribution in [0.2, 0.25) is 5.02 Å². The van der Waals surface area contributed by atoms with Crippen LogP contribution in [-0.2, 0) is 19.1 Å². The zero-order valence-corrected chi connectivity index (χ0v) is 24.1. The van der Waals surface area contributed by atoms with Crippen LogP contribution in [0, 0.1) is 0 Å². The van der Waals surface area contributed by atoms with Crippen LogP contribution >= 0.6 is 27.5 Å². The van der Waals surface area contributed by atoms with Crippen molar-refractivity contribution in [3.05, 3.63) is 57.5 Å². The van der Waals surface area contributed by atoms with Crippen molar-refractivity contribution >= 4 is 62.7 Å². The summed E-state index contributed by atoms with van der Waals surface area (Å²) >= 11 is 9.61. The molecule has 38 heavy (non-hydrogen) atoms. The molecule has 0 aromatic heterocycles. The number of nitrogens with zero attached hydrogens (tertiary/aromatic N) is 1. The SMILES string of the molecule is CCCC(=O)Nc1ccc(Cl)c(NC(=O)C(=O)NC2CC(c3ccc(Br)cc3)N(C(=O)OC(C)(C)C)C2)c1. The van der Waals surface area contributed by atoms with E-state index in [2.05, 4.69) is 31.9 Å². The largest absolute Gasteiger partial charge is 0.444 e. The molecule has 0 spiro atoms. The first-order chi connectivity index (χ1) is 17.9. The third-order valence-electron chi connectivity index (χ3n) is 5.70. The average Bonchev–Trinajstić information content (AvgIpc) is 3.24. The van der Waals surface area contributed by atoms with E-state index in [9.17, 15) is 19.2 Å². The quantitative estimate of drug-likeness (QED) is 0.367. The summed E-state index contributed by atoms with van der Waals surface area (Å²) in [6.07, 6.45) is 0.952. The van der Waals surface area contributed by atoms with Gasteiger partial charge in [0.2, 0.25) is 5.91 Å². The summed E-state index contributed by atoms with van der Waals surface area (Å²) < 4.78 is 6.49. The smallest absolute Gasteiger partial charge is 0.410 e. The van der Waals surface area contributed by atoms with Crippen LogP contribution in [0.5, 0.6) is 0 Å². The van der Waals surface area contributed by atoms with Crippen LogP contribution in [0.3, 0.4) is 0 Å². The number of hydrogen-bond donors (Lipinski definition) is 3. The molecular weight excluding hydrogens is 576 g/mol. The predicted octanol–water partition coefficient (Wildman–Crippen LogP) is 5.65. The van der Waals surface area contributed by atoms with Crippen molar-refractivity contribution in [2.75, 3.05) is 17.2 Å². The lowest BCUT2D eigenvalue weighted by Crippen LogP contribution is -2.44. The van der Waals surface area contributed by atoms with Crippen molar-refractivity contribution in [2.24, 2.45) is 0 Å². The molecule has 2 unspecified atom stereocenters. The van der Waals surface area contributed by atoms with Crippen LogP contribution in [-0.4, -0.2) is 46.9 Å². The predicted molar refractivity (Wildman–Crippen MR) is 150 cm³/mol. The molecule has 1 saturated heterocycles. The summed E-state index contributed by atoms with van der Waals surface area (Å²) in [5, 5.41) is 8.16. The molecule has 0 saturated carbocycles. The van der Waals surface area contributed by atoms with Crippen LogP contribution in [0.15, 0.2) is 46.9 Å². The maximum absolute atomic E-state index is 13.0. The van der Waals surface area contributed by atoms with Crippen LogP contribution in [0.25, 0.3) is 0 Å². The Bertz CT molecular complexity index is 1200. The van der Waals surface area contributed by atoms with Crippen LogP contribution < -0.4 is 16.0 Å². The molecule has 3 rings (SSSR count). The fourth-order valence-electron chi connectivity index (χ4n) is 4.04. The molecule has 0 radical (unpaired) electrons. The van der Waals surface area contributed by atoms with Gasteiger partial charge in [-0.25, -0.2) is 4.79 Å². The van der Waals surface area contributed by atoms with Crippen LogP contribution in [0.4, 0.5) is 16.2 Å². The highest BCUT2D eigenvalue weighted by molar-refractivity contribution is 9.10. The number of amides is 4. The standard InChI is InChI=1S/C27H32BrClN4O5/c1-5-6-23(34)30-18-11-12-20(29)21(13-18)32-25(36)24(35)31-19-14-22(16-7-9-17(28)10-8-16)33(15-19)26(37)38-27(2,3)4/h7-13,19,22H,5-6,14-15H2,1-4H3,(H,30,34)(H,31,35)(H,32,36). The van der Waals surface area contributed by atoms with Gasteiger partial charge >= 0.3 is 17.9 Å². The van der Waals surface area contributed by atoms with Gasteiger partial charge in [-0.05, 0) is 69.5 Å². The fourth-order valence-corrected chi connectivity index (χ4v) is 4.47. The highest BCUT2D eigenvalue weighted by atomic mass is 79.9. The fraction of sp³-hybridized carbons (Fsp3) is 0.407. The van der Waals surface area contributed by atoms with Gasteiger partial charge in [-0.2, -0.15) is 0 Å². The summed E-state index contributed by atoms with van der Waals surface area (Å²) in [4.78, 5) is 51.9. The molecule has 1 aliphatic rings. The number of anilines is 2. The van der Waals surface area contributed by atoms with E-state index in [0.29, 0.717) is 24.9 Å². The monoisotopic (exact) mass is 606 g/mol. The zero-order valence-electron chi connectivity index (χ0n) is 21.8. The van der Waals surface area contributed by atoms with E-state index in [0.717, 1.165) is 10.0 Å². The van der Waals surface area contributed by atoms with Gasteiger partial charge in [-0.15, -0.1) is 0 Å². The number of carbonyl (C=O) groups is 4. The van der Waals surface area contributed by atoms with Gasteiger partial charge in [0.15, 0.2) is 0 Å². The summed E-state index contributed by atoms with van der Waals surface area (Å²) in [7, 11) is 0. The molecule has 0 aliphatic carbocycles. The topological polar surface area (TPSA) is 117 Å². The minimum absolute atomic E-state index is 0.166. The van der Waals surface area contributed by atoms with Crippen LogP contribution in [0.1, 0.15) is 58.6 Å². The minimum Gasteiger partial charge on any atom is -0.444 e.